The molecular weight excluding hydrogens is 432 g/mol. The number of thioether (sulfide) groups is 1. The lowest BCUT2D eigenvalue weighted by Gasteiger charge is -2.44. The molecule has 5 nitrogen and oxygen atoms in total. The van der Waals surface area contributed by atoms with Gasteiger partial charge in [0.25, 0.3) is 5.91 Å². The zero-order valence-electron chi connectivity index (χ0n) is 19.2. The van der Waals surface area contributed by atoms with Gasteiger partial charge in [0.15, 0.2) is 6.61 Å². The molecule has 0 radical (unpaired) electrons. The number of ether oxygens (including phenoxy) is 1. The maximum absolute atomic E-state index is 12.9. The number of likely N-dealkylation sites (tertiary alicyclic amines) is 1. The first-order valence-corrected chi connectivity index (χ1v) is 12.5. The average molecular weight is 467 g/mol. The molecule has 3 rings (SSSR count). The van der Waals surface area contributed by atoms with Gasteiger partial charge in [-0.3, -0.25) is 9.59 Å². The lowest BCUT2D eigenvalue weighted by Crippen LogP contribution is -2.54. The van der Waals surface area contributed by atoms with Crippen LogP contribution in [0.5, 0.6) is 5.75 Å². The molecule has 2 saturated heterocycles. The van der Waals surface area contributed by atoms with Crippen LogP contribution >= 0.6 is 23.4 Å². The van der Waals surface area contributed by atoms with Crippen molar-refractivity contribution in [3.63, 3.8) is 0 Å². The number of nitrogens with zero attached hydrogens (tertiary/aromatic N) is 2. The lowest BCUT2D eigenvalue weighted by molar-refractivity contribution is -0.139. The van der Waals surface area contributed by atoms with Crippen LogP contribution in [-0.2, 0) is 9.59 Å². The van der Waals surface area contributed by atoms with Gasteiger partial charge >= 0.3 is 0 Å². The lowest BCUT2D eigenvalue weighted by atomic mass is 9.84. The highest BCUT2D eigenvalue weighted by Gasteiger charge is 2.46. The molecule has 0 N–H and O–H groups in total. The van der Waals surface area contributed by atoms with Gasteiger partial charge in [-0.2, -0.15) is 0 Å². The van der Waals surface area contributed by atoms with Crippen molar-refractivity contribution < 1.29 is 14.3 Å². The maximum Gasteiger partial charge on any atom is 0.261 e. The van der Waals surface area contributed by atoms with Crippen LogP contribution in [0.1, 0.15) is 53.4 Å². The number of hydrogen-bond donors (Lipinski definition) is 0. The molecule has 1 aromatic carbocycles. The number of rotatable bonds is 6. The predicted octanol–water partition coefficient (Wildman–Crippen LogP) is 5.08. The van der Waals surface area contributed by atoms with Gasteiger partial charge in [0, 0.05) is 36.8 Å². The van der Waals surface area contributed by atoms with Crippen LogP contribution in [-0.4, -0.2) is 58.5 Å². The Bertz CT molecular complexity index is 770. The molecule has 2 aliphatic heterocycles. The first kappa shape index (κ1) is 24.2. The topological polar surface area (TPSA) is 49.9 Å². The molecule has 31 heavy (non-hydrogen) atoms. The molecule has 2 amide bonds. The van der Waals surface area contributed by atoms with E-state index in [0.29, 0.717) is 23.1 Å². The highest BCUT2D eigenvalue weighted by Crippen LogP contribution is 2.44. The van der Waals surface area contributed by atoms with E-state index in [1.165, 1.54) is 0 Å². The fourth-order valence-electron chi connectivity index (χ4n) is 4.78. The third-order valence-corrected chi connectivity index (χ3v) is 7.84. The quantitative estimate of drug-likeness (QED) is 0.586. The molecule has 2 aliphatic rings. The highest BCUT2D eigenvalue weighted by atomic mass is 35.5. The minimum atomic E-state index is -0.200. The summed E-state index contributed by atoms with van der Waals surface area (Å²) in [6, 6.07) is 7.05. The average Bonchev–Trinajstić information content (AvgIpc) is 3.09. The minimum Gasteiger partial charge on any atom is -0.484 e. The second-order valence-corrected chi connectivity index (χ2v) is 11.9. The number of halogens is 1. The van der Waals surface area contributed by atoms with E-state index < -0.39 is 0 Å². The predicted molar refractivity (Wildman–Crippen MR) is 128 cm³/mol. The van der Waals surface area contributed by atoms with Crippen LogP contribution in [0.2, 0.25) is 5.02 Å². The summed E-state index contributed by atoms with van der Waals surface area (Å²) in [7, 11) is 0. The van der Waals surface area contributed by atoms with Crippen molar-refractivity contribution in [3.8, 4) is 5.75 Å². The molecule has 1 spiro atoms. The van der Waals surface area contributed by atoms with Crippen molar-refractivity contribution in [2.24, 2.45) is 11.3 Å². The summed E-state index contributed by atoms with van der Waals surface area (Å²) in [4.78, 5) is 29.5. The van der Waals surface area contributed by atoms with E-state index in [1.54, 1.807) is 24.3 Å². The Morgan fingerprint density at radius 2 is 1.77 bits per heavy atom. The molecule has 7 heteroatoms. The van der Waals surface area contributed by atoms with Crippen molar-refractivity contribution in [1.29, 1.82) is 0 Å². The number of carbonyl (C=O) groups excluding carboxylic acids is 2. The third kappa shape index (κ3) is 6.55. The summed E-state index contributed by atoms with van der Waals surface area (Å²) in [5, 5.41) is 0.641. The minimum absolute atomic E-state index is 0.0125. The number of hydrogen-bond acceptors (Lipinski definition) is 4. The van der Waals surface area contributed by atoms with E-state index in [0.717, 1.165) is 44.6 Å². The Hall–Kier alpha value is -1.40. The zero-order chi connectivity index (χ0) is 22.6. The van der Waals surface area contributed by atoms with E-state index in [2.05, 4.69) is 27.7 Å². The molecule has 0 bridgehead atoms. The van der Waals surface area contributed by atoms with Gasteiger partial charge < -0.3 is 14.5 Å². The molecule has 172 valence electrons. The van der Waals surface area contributed by atoms with E-state index in [1.807, 2.05) is 21.6 Å². The number of piperidine rings is 1. The van der Waals surface area contributed by atoms with Crippen LogP contribution in [0.25, 0.3) is 0 Å². The molecule has 0 aliphatic carbocycles. The Morgan fingerprint density at radius 1 is 1.13 bits per heavy atom. The summed E-state index contributed by atoms with van der Waals surface area (Å²) in [5.41, 5.74) is 0.237. The van der Waals surface area contributed by atoms with Gasteiger partial charge in [-0.1, -0.05) is 39.3 Å². The molecule has 2 fully saturated rings. The van der Waals surface area contributed by atoms with Gasteiger partial charge in [-0.25, -0.2) is 0 Å². The number of carbonyl (C=O) groups is 2. The Kier molecular flexibility index (Phi) is 7.85. The first-order chi connectivity index (χ1) is 14.6. The second-order valence-electron chi connectivity index (χ2n) is 10.0. The molecule has 2 heterocycles. The SMILES string of the molecule is CC(CC(=O)N1CCC2(CC1)SCCN2C(=O)COc1ccc(Cl)cc1)CC(C)(C)C. The molecular formula is C24H35ClN2O3S. The monoisotopic (exact) mass is 466 g/mol. The van der Waals surface area contributed by atoms with Gasteiger partial charge in [-0.15, -0.1) is 11.8 Å². The number of amides is 2. The highest BCUT2D eigenvalue weighted by molar-refractivity contribution is 8.00. The standard InChI is InChI=1S/C24H35ClN2O3S/c1-18(16-23(2,3)4)15-21(28)26-11-9-24(10-12-26)27(13-14-31-24)22(29)17-30-20-7-5-19(25)6-8-20/h5-8,18H,9-17H2,1-4H3. The van der Waals surface area contributed by atoms with E-state index in [4.69, 9.17) is 16.3 Å². The van der Waals surface area contributed by atoms with Gasteiger partial charge in [0.05, 0.1) is 4.87 Å². The second kappa shape index (κ2) is 10.0. The molecule has 1 atom stereocenters. The number of benzene rings is 1. The van der Waals surface area contributed by atoms with Crippen molar-refractivity contribution in [2.45, 2.75) is 58.2 Å². The fraction of sp³-hybridized carbons (Fsp3) is 0.667. The molecule has 1 unspecified atom stereocenters. The van der Waals surface area contributed by atoms with Gasteiger partial charge in [0.1, 0.15) is 5.75 Å². The first-order valence-electron chi connectivity index (χ1n) is 11.2. The summed E-state index contributed by atoms with van der Waals surface area (Å²) in [6.45, 7) is 11.0. The van der Waals surface area contributed by atoms with Crippen molar-refractivity contribution >= 4 is 35.2 Å². The normalized spacial score (nSPS) is 19.5. The molecule has 0 aromatic heterocycles. The van der Waals surface area contributed by atoms with Crippen molar-refractivity contribution in [1.82, 2.24) is 9.80 Å². The summed E-state index contributed by atoms with van der Waals surface area (Å²) < 4.78 is 5.69. The third-order valence-electron chi connectivity index (χ3n) is 6.04. The Labute approximate surface area is 195 Å². The van der Waals surface area contributed by atoms with E-state index in [9.17, 15) is 9.59 Å². The Balaban J connectivity index is 1.51. The summed E-state index contributed by atoms with van der Waals surface area (Å²) in [6.07, 6.45) is 3.30. The molecule has 1 aromatic rings. The maximum atomic E-state index is 12.9. The van der Waals surface area contributed by atoms with Crippen LogP contribution in [0.15, 0.2) is 24.3 Å². The van der Waals surface area contributed by atoms with Gasteiger partial charge in [0.2, 0.25) is 5.91 Å². The smallest absolute Gasteiger partial charge is 0.261 e. The van der Waals surface area contributed by atoms with Gasteiger partial charge in [-0.05, 0) is 54.9 Å². The summed E-state index contributed by atoms with van der Waals surface area (Å²) in [5.74, 6) is 2.22. The largest absolute Gasteiger partial charge is 0.484 e. The molecule has 0 saturated carbocycles. The van der Waals surface area contributed by atoms with Crippen LogP contribution < -0.4 is 4.74 Å². The van der Waals surface area contributed by atoms with Crippen LogP contribution in [0.4, 0.5) is 0 Å². The van der Waals surface area contributed by atoms with Crippen molar-refractivity contribution in [3.05, 3.63) is 29.3 Å². The van der Waals surface area contributed by atoms with E-state index >= 15 is 0 Å². The summed E-state index contributed by atoms with van der Waals surface area (Å²) >= 11 is 7.76. The van der Waals surface area contributed by atoms with E-state index in [-0.39, 0.29) is 28.7 Å². The van der Waals surface area contributed by atoms with Crippen molar-refractivity contribution in [2.75, 3.05) is 32.0 Å². The zero-order valence-corrected chi connectivity index (χ0v) is 20.7. The van der Waals surface area contributed by atoms with Crippen LogP contribution in [0.3, 0.4) is 0 Å². The fourth-order valence-corrected chi connectivity index (χ4v) is 6.38. The van der Waals surface area contributed by atoms with Crippen LogP contribution in [0, 0.1) is 11.3 Å². The Morgan fingerprint density at radius 3 is 2.39 bits per heavy atom.